The summed E-state index contributed by atoms with van der Waals surface area (Å²) in [6.07, 6.45) is 6.43. The Balaban J connectivity index is 1.09. The molecule has 0 bridgehead atoms. The number of hydrogen-bond donors (Lipinski definition) is 0. The first-order valence-electron chi connectivity index (χ1n) is 20.8. The van der Waals surface area contributed by atoms with E-state index in [0.29, 0.717) is 0 Å². The zero-order valence-corrected chi connectivity index (χ0v) is 34.3. The number of rotatable bonds is 9. The fourth-order valence-corrected chi connectivity index (χ4v) is 9.37. The van der Waals surface area contributed by atoms with Crippen molar-refractivity contribution in [3.63, 3.8) is 0 Å². The third-order valence-corrected chi connectivity index (χ3v) is 12.4. The Morgan fingerprint density at radius 1 is 0.517 bits per heavy atom. The lowest BCUT2D eigenvalue weighted by Gasteiger charge is -2.28. The van der Waals surface area contributed by atoms with Gasteiger partial charge in [0.2, 0.25) is 0 Å². The molecule has 0 saturated carbocycles. The smallest absolute Gasteiger partial charge is 0.0619 e. The Morgan fingerprint density at radius 3 is 1.93 bits per heavy atom. The van der Waals surface area contributed by atoms with Gasteiger partial charge < -0.3 is 9.47 Å². The molecule has 0 saturated heterocycles. The summed E-state index contributed by atoms with van der Waals surface area (Å²) in [7, 11) is 0. The Bertz CT molecular complexity index is 3120. The predicted molar refractivity (Wildman–Crippen MR) is 256 cm³/mol. The molecule has 1 heterocycles. The number of allylic oxidation sites excluding steroid dienone is 4. The van der Waals surface area contributed by atoms with Crippen LogP contribution in [0.25, 0.3) is 66.4 Å². The molecule has 1 aliphatic rings. The second-order valence-electron chi connectivity index (χ2n) is 16.2. The molecule has 9 aromatic rings. The van der Waals surface area contributed by atoms with E-state index in [1.54, 1.807) is 0 Å². The van der Waals surface area contributed by atoms with Gasteiger partial charge in [-0.15, -0.1) is 0 Å². The molecule has 1 aromatic heterocycles. The summed E-state index contributed by atoms with van der Waals surface area (Å²) in [4.78, 5) is 2.32. The first-order valence-corrected chi connectivity index (χ1v) is 20.8. The number of benzene rings is 8. The molecule has 2 heteroatoms. The third kappa shape index (κ3) is 6.20. The zero-order valence-electron chi connectivity index (χ0n) is 34.3. The van der Waals surface area contributed by atoms with Gasteiger partial charge in [0, 0.05) is 44.4 Å². The van der Waals surface area contributed by atoms with Crippen molar-refractivity contribution in [1.82, 2.24) is 4.57 Å². The van der Waals surface area contributed by atoms with Crippen LogP contribution in [0.1, 0.15) is 37.5 Å². The molecule has 8 aromatic carbocycles. The first kappa shape index (κ1) is 36.9. The Morgan fingerprint density at radius 2 is 1.13 bits per heavy atom. The van der Waals surface area contributed by atoms with Gasteiger partial charge in [0.05, 0.1) is 16.7 Å². The summed E-state index contributed by atoms with van der Waals surface area (Å²) >= 11 is 0. The summed E-state index contributed by atoms with van der Waals surface area (Å²) in [5.41, 5.74) is 19.1. The van der Waals surface area contributed by atoms with Crippen LogP contribution < -0.4 is 4.90 Å². The molecule has 2 nitrogen and oxygen atoms in total. The van der Waals surface area contributed by atoms with Crippen molar-refractivity contribution >= 4 is 38.8 Å². The van der Waals surface area contributed by atoms with Crippen LogP contribution in [0.5, 0.6) is 0 Å². The standard InChI is InChI=1S/C58H46N2/c1-5-44(59(45-21-10-7-11-22-45)46-37-38-50-49-24-12-15-28-53(49)58(3,4)54(50)39-46)36-31-40(2)47-23-13-16-29-55(47)60-56-30-17-14-25-51(56)52-27-18-26-48(57(52)60)43-34-32-42(33-35-43)41-19-8-6-9-20-41/h5-39H,1H2,2-4H3/b40-31+,44-36+. The second-order valence-corrected chi connectivity index (χ2v) is 16.2. The molecular formula is C58H46N2. The molecule has 0 fully saturated rings. The average Bonchev–Trinajstić information content (AvgIpc) is 3.76. The van der Waals surface area contributed by atoms with Crippen LogP contribution in [0.15, 0.2) is 225 Å². The van der Waals surface area contributed by atoms with Gasteiger partial charge in [-0.05, 0) is 100.0 Å². The maximum absolute atomic E-state index is 4.36. The maximum Gasteiger partial charge on any atom is 0.0619 e. The van der Waals surface area contributed by atoms with Crippen LogP contribution in [0, 0.1) is 0 Å². The predicted octanol–water partition coefficient (Wildman–Crippen LogP) is 15.7. The van der Waals surface area contributed by atoms with E-state index in [1.807, 2.05) is 6.08 Å². The van der Waals surface area contributed by atoms with Gasteiger partial charge in [-0.2, -0.15) is 0 Å². The molecule has 0 atom stereocenters. The van der Waals surface area contributed by atoms with E-state index in [1.165, 1.54) is 66.3 Å². The largest absolute Gasteiger partial charge is 0.311 e. The van der Waals surface area contributed by atoms with Crippen molar-refractivity contribution in [2.45, 2.75) is 26.2 Å². The first-order chi connectivity index (χ1) is 29.4. The summed E-state index contributed by atoms with van der Waals surface area (Å²) in [6.45, 7) is 11.3. The number of fused-ring (bicyclic) bond motifs is 6. The number of nitrogens with zero attached hydrogens (tertiary/aromatic N) is 2. The van der Waals surface area contributed by atoms with E-state index in [9.17, 15) is 0 Å². The second kappa shape index (κ2) is 15.1. The highest BCUT2D eigenvalue weighted by Crippen LogP contribution is 2.50. The van der Waals surface area contributed by atoms with Crippen molar-refractivity contribution in [2.75, 3.05) is 4.90 Å². The van der Waals surface area contributed by atoms with Gasteiger partial charge in [0.15, 0.2) is 0 Å². The van der Waals surface area contributed by atoms with Gasteiger partial charge >= 0.3 is 0 Å². The van der Waals surface area contributed by atoms with Crippen LogP contribution in [-0.2, 0) is 5.41 Å². The van der Waals surface area contributed by atoms with Gasteiger partial charge in [-0.3, -0.25) is 0 Å². The molecular weight excluding hydrogens is 725 g/mol. The molecule has 0 amide bonds. The molecule has 0 spiro atoms. The minimum atomic E-state index is -0.110. The lowest BCUT2D eigenvalue weighted by atomic mass is 9.82. The number of anilines is 2. The quantitative estimate of drug-likeness (QED) is 0.133. The van der Waals surface area contributed by atoms with E-state index >= 15 is 0 Å². The van der Waals surface area contributed by atoms with Crippen molar-refractivity contribution < 1.29 is 0 Å². The Kier molecular flexibility index (Phi) is 9.26. The number of hydrogen-bond acceptors (Lipinski definition) is 1. The van der Waals surface area contributed by atoms with Crippen molar-refractivity contribution in [1.29, 1.82) is 0 Å². The van der Waals surface area contributed by atoms with Crippen LogP contribution >= 0.6 is 0 Å². The highest BCUT2D eigenvalue weighted by atomic mass is 15.1. The monoisotopic (exact) mass is 770 g/mol. The zero-order chi connectivity index (χ0) is 40.8. The molecule has 0 aliphatic heterocycles. The normalized spacial score (nSPS) is 13.3. The van der Waals surface area contributed by atoms with Crippen LogP contribution in [0.3, 0.4) is 0 Å². The van der Waals surface area contributed by atoms with Crippen LogP contribution in [0.4, 0.5) is 11.4 Å². The number of aromatic nitrogens is 1. The maximum atomic E-state index is 4.36. The summed E-state index contributed by atoms with van der Waals surface area (Å²) < 4.78 is 2.47. The van der Waals surface area contributed by atoms with Crippen molar-refractivity contribution in [2.24, 2.45) is 0 Å². The highest BCUT2D eigenvalue weighted by Gasteiger charge is 2.35. The van der Waals surface area contributed by atoms with Gasteiger partial charge in [0.25, 0.3) is 0 Å². The van der Waals surface area contributed by atoms with Crippen LogP contribution in [0.2, 0.25) is 0 Å². The lowest BCUT2D eigenvalue weighted by Crippen LogP contribution is -2.18. The van der Waals surface area contributed by atoms with E-state index < -0.39 is 0 Å². The third-order valence-electron chi connectivity index (χ3n) is 12.4. The van der Waals surface area contributed by atoms with E-state index in [2.05, 4.69) is 243 Å². The molecule has 0 N–H and O–H groups in total. The minimum Gasteiger partial charge on any atom is -0.311 e. The highest BCUT2D eigenvalue weighted by molar-refractivity contribution is 6.14. The lowest BCUT2D eigenvalue weighted by molar-refractivity contribution is 0.660. The summed E-state index contributed by atoms with van der Waals surface area (Å²) in [6, 6.07) is 70.2. The number of para-hydroxylation sites is 4. The minimum absolute atomic E-state index is 0.110. The molecule has 10 rings (SSSR count). The van der Waals surface area contributed by atoms with Crippen molar-refractivity contribution in [3.05, 3.63) is 241 Å². The Labute approximate surface area is 353 Å². The fraction of sp³-hybridized carbons (Fsp3) is 0.0690. The molecule has 60 heavy (non-hydrogen) atoms. The SMILES string of the molecule is C=C/C(=C\C=C(/C)c1ccccc1-n1c2ccccc2c2cccc(-c3ccc(-c4ccccc4)cc3)c21)N(c1ccccc1)c1ccc2c(c1)C(C)(C)c1ccccc1-2. The van der Waals surface area contributed by atoms with E-state index in [0.717, 1.165) is 33.9 Å². The van der Waals surface area contributed by atoms with Crippen LogP contribution in [-0.4, -0.2) is 4.57 Å². The topological polar surface area (TPSA) is 8.17 Å². The van der Waals surface area contributed by atoms with E-state index in [4.69, 9.17) is 0 Å². The van der Waals surface area contributed by atoms with E-state index in [-0.39, 0.29) is 5.41 Å². The summed E-state index contributed by atoms with van der Waals surface area (Å²) in [5.74, 6) is 0. The average molecular weight is 771 g/mol. The van der Waals surface area contributed by atoms with Gasteiger partial charge in [-0.25, -0.2) is 0 Å². The van der Waals surface area contributed by atoms with Gasteiger partial charge in [0.1, 0.15) is 0 Å². The molecule has 0 radical (unpaired) electrons. The fourth-order valence-electron chi connectivity index (χ4n) is 9.37. The summed E-state index contributed by atoms with van der Waals surface area (Å²) in [5, 5.41) is 2.47. The molecule has 1 aliphatic carbocycles. The van der Waals surface area contributed by atoms with Crippen molar-refractivity contribution in [3.8, 4) is 39.1 Å². The molecule has 288 valence electrons. The van der Waals surface area contributed by atoms with Gasteiger partial charge in [-0.1, -0.05) is 184 Å². The molecule has 0 unspecified atom stereocenters. The Hall–Kier alpha value is -7.42.